The highest BCUT2D eigenvalue weighted by atomic mass is 16.2. The lowest BCUT2D eigenvalue weighted by molar-refractivity contribution is -0.126. The van der Waals surface area contributed by atoms with Gasteiger partial charge in [-0.3, -0.25) is 14.4 Å². The largest absolute Gasteiger partial charge is 0.352 e. The summed E-state index contributed by atoms with van der Waals surface area (Å²) in [5.41, 5.74) is 3.52. The zero-order valence-corrected chi connectivity index (χ0v) is 15.0. The van der Waals surface area contributed by atoms with E-state index in [2.05, 4.69) is 5.32 Å². The van der Waals surface area contributed by atoms with Crippen LogP contribution in [0, 0.1) is 12.8 Å². The number of carbonyl (C=O) groups is 3. The average Bonchev–Trinajstić information content (AvgIpc) is 3.02. The SMILES string of the molecule is CC(=O)c1ccc(N2CC(C(=O)NCc3ccccc3C)CC2=O)cc1. The summed E-state index contributed by atoms with van der Waals surface area (Å²) in [6, 6.07) is 14.8. The first kappa shape index (κ1) is 17.9. The Balaban J connectivity index is 1.62. The molecule has 0 radical (unpaired) electrons. The molecule has 5 heteroatoms. The van der Waals surface area contributed by atoms with E-state index in [0.29, 0.717) is 24.3 Å². The van der Waals surface area contributed by atoms with Gasteiger partial charge in [0.05, 0.1) is 5.92 Å². The molecule has 2 aromatic carbocycles. The third kappa shape index (κ3) is 3.82. The van der Waals surface area contributed by atoms with Gasteiger partial charge >= 0.3 is 0 Å². The molecule has 0 bridgehead atoms. The van der Waals surface area contributed by atoms with Gasteiger partial charge in [-0.2, -0.15) is 0 Å². The molecule has 2 aromatic rings. The van der Waals surface area contributed by atoms with Crippen LogP contribution in [0.5, 0.6) is 0 Å². The van der Waals surface area contributed by atoms with Crippen molar-refractivity contribution in [1.29, 1.82) is 0 Å². The first-order valence-corrected chi connectivity index (χ1v) is 8.69. The van der Waals surface area contributed by atoms with Gasteiger partial charge in [-0.25, -0.2) is 0 Å². The van der Waals surface area contributed by atoms with Gasteiger partial charge in [0.25, 0.3) is 0 Å². The highest BCUT2D eigenvalue weighted by molar-refractivity contribution is 6.01. The van der Waals surface area contributed by atoms with Gasteiger partial charge < -0.3 is 10.2 Å². The number of aryl methyl sites for hydroxylation is 1. The number of hydrogen-bond acceptors (Lipinski definition) is 3. The van der Waals surface area contributed by atoms with Gasteiger partial charge in [0, 0.05) is 30.8 Å². The number of rotatable bonds is 5. The monoisotopic (exact) mass is 350 g/mol. The second kappa shape index (κ2) is 7.52. The van der Waals surface area contributed by atoms with Crippen LogP contribution in [0.4, 0.5) is 5.69 Å². The van der Waals surface area contributed by atoms with Crippen LogP contribution in [-0.2, 0) is 16.1 Å². The number of amides is 2. The minimum Gasteiger partial charge on any atom is -0.352 e. The van der Waals surface area contributed by atoms with E-state index in [4.69, 9.17) is 0 Å². The summed E-state index contributed by atoms with van der Waals surface area (Å²) in [5, 5.41) is 2.94. The van der Waals surface area contributed by atoms with Crippen molar-refractivity contribution < 1.29 is 14.4 Å². The summed E-state index contributed by atoms with van der Waals surface area (Å²) < 4.78 is 0. The normalized spacial score (nSPS) is 16.6. The molecule has 1 N–H and O–H groups in total. The van der Waals surface area contributed by atoms with Crippen LogP contribution in [0.3, 0.4) is 0 Å². The zero-order chi connectivity index (χ0) is 18.7. The Morgan fingerprint density at radius 2 is 1.81 bits per heavy atom. The Hall–Kier alpha value is -2.95. The number of nitrogens with one attached hydrogen (secondary N) is 1. The van der Waals surface area contributed by atoms with E-state index < -0.39 is 0 Å². The van der Waals surface area contributed by atoms with Crippen molar-refractivity contribution in [3.05, 3.63) is 65.2 Å². The molecule has 1 fully saturated rings. The lowest BCUT2D eigenvalue weighted by Crippen LogP contribution is -2.32. The van der Waals surface area contributed by atoms with E-state index in [1.807, 2.05) is 31.2 Å². The lowest BCUT2D eigenvalue weighted by Gasteiger charge is -2.17. The molecule has 1 atom stereocenters. The summed E-state index contributed by atoms with van der Waals surface area (Å²) in [4.78, 5) is 37.8. The fourth-order valence-electron chi connectivity index (χ4n) is 3.14. The number of Topliss-reactive ketones (excluding diaryl/α,β-unsaturated/α-hetero) is 1. The minimum absolute atomic E-state index is 0.0160. The second-order valence-corrected chi connectivity index (χ2v) is 6.65. The van der Waals surface area contributed by atoms with Gasteiger partial charge in [0.1, 0.15) is 0 Å². The van der Waals surface area contributed by atoms with Crippen LogP contribution in [0.1, 0.15) is 34.8 Å². The number of carbonyl (C=O) groups excluding carboxylic acids is 3. The van der Waals surface area contributed by atoms with Gasteiger partial charge in [-0.1, -0.05) is 24.3 Å². The van der Waals surface area contributed by atoms with Crippen molar-refractivity contribution in [2.75, 3.05) is 11.4 Å². The Morgan fingerprint density at radius 1 is 1.12 bits per heavy atom. The smallest absolute Gasteiger partial charge is 0.227 e. The Labute approximate surface area is 153 Å². The van der Waals surface area contributed by atoms with Crippen molar-refractivity contribution in [1.82, 2.24) is 5.32 Å². The second-order valence-electron chi connectivity index (χ2n) is 6.65. The van der Waals surface area contributed by atoms with Crippen LogP contribution in [0.15, 0.2) is 48.5 Å². The molecule has 5 nitrogen and oxygen atoms in total. The number of hydrogen-bond donors (Lipinski definition) is 1. The molecule has 134 valence electrons. The van der Waals surface area contributed by atoms with E-state index >= 15 is 0 Å². The average molecular weight is 350 g/mol. The molecule has 0 spiro atoms. The van der Waals surface area contributed by atoms with Crippen LogP contribution in [-0.4, -0.2) is 24.1 Å². The predicted octanol–water partition coefficient (Wildman–Crippen LogP) is 2.87. The first-order chi connectivity index (χ1) is 12.5. The zero-order valence-electron chi connectivity index (χ0n) is 15.0. The molecule has 1 saturated heterocycles. The molecule has 1 unspecified atom stereocenters. The molecule has 1 aliphatic rings. The third-order valence-electron chi connectivity index (χ3n) is 4.80. The number of anilines is 1. The number of benzene rings is 2. The molecule has 1 heterocycles. The maximum Gasteiger partial charge on any atom is 0.227 e. The molecular weight excluding hydrogens is 328 g/mol. The number of nitrogens with zero attached hydrogens (tertiary/aromatic N) is 1. The third-order valence-corrected chi connectivity index (χ3v) is 4.80. The first-order valence-electron chi connectivity index (χ1n) is 8.69. The summed E-state index contributed by atoms with van der Waals surface area (Å²) in [5.74, 6) is -0.558. The Bertz CT molecular complexity index is 843. The maximum atomic E-state index is 12.5. The summed E-state index contributed by atoms with van der Waals surface area (Å²) in [6.07, 6.45) is 0.202. The van der Waals surface area contributed by atoms with Crippen LogP contribution in [0.25, 0.3) is 0 Å². The maximum absolute atomic E-state index is 12.5. The molecular formula is C21H22N2O3. The molecule has 1 aliphatic heterocycles. The molecule has 2 amide bonds. The van der Waals surface area contributed by atoms with Crippen LogP contribution in [0.2, 0.25) is 0 Å². The highest BCUT2D eigenvalue weighted by Gasteiger charge is 2.35. The van der Waals surface area contributed by atoms with Crippen molar-refractivity contribution in [3.63, 3.8) is 0 Å². The molecule has 0 aliphatic carbocycles. The van der Waals surface area contributed by atoms with Crippen molar-refractivity contribution >= 4 is 23.3 Å². The Kier molecular flexibility index (Phi) is 5.16. The summed E-state index contributed by atoms with van der Waals surface area (Å²) in [6.45, 7) is 4.33. The fourth-order valence-corrected chi connectivity index (χ4v) is 3.14. The molecule has 0 aromatic heterocycles. The van der Waals surface area contributed by atoms with Crippen molar-refractivity contribution in [3.8, 4) is 0 Å². The van der Waals surface area contributed by atoms with Crippen molar-refractivity contribution in [2.24, 2.45) is 5.92 Å². The van der Waals surface area contributed by atoms with E-state index in [0.717, 1.165) is 11.1 Å². The van der Waals surface area contributed by atoms with Crippen molar-refractivity contribution in [2.45, 2.75) is 26.8 Å². The Morgan fingerprint density at radius 3 is 2.46 bits per heavy atom. The minimum atomic E-state index is -0.362. The van der Waals surface area contributed by atoms with Crippen LogP contribution < -0.4 is 10.2 Å². The summed E-state index contributed by atoms with van der Waals surface area (Å²) >= 11 is 0. The van der Waals surface area contributed by atoms with Crippen LogP contribution >= 0.6 is 0 Å². The van der Waals surface area contributed by atoms with Gasteiger partial charge in [0.15, 0.2) is 5.78 Å². The number of ketones is 1. The quantitative estimate of drug-likeness (QED) is 0.843. The molecule has 0 saturated carbocycles. The summed E-state index contributed by atoms with van der Waals surface area (Å²) in [7, 11) is 0. The van der Waals surface area contributed by atoms with E-state index in [-0.39, 0.29) is 29.9 Å². The van der Waals surface area contributed by atoms with E-state index in [1.54, 1.807) is 29.2 Å². The van der Waals surface area contributed by atoms with Gasteiger partial charge in [-0.15, -0.1) is 0 Å². The topological polar surface area (TPSA) is 66.5 Å². The van der Waals surface area contributed by atoms with E-state index in [1.165, 1.54) is 6.92 Å². The molecule has 3 rings (SSSR count). The van der Waals surface area contributed by atoms with E-state index in [9.17, 15) is 14.4 Å². The van der Waals surface area contributed by atoms with Gasteiger partial charge in [-0.05, 0) is 49.2 Å². The predicted molar refractivity (Wildman–Crippen MR) is 99.9 cm³/mol. The fraction of sp³-hybridized carbons (Fsp3) is 0.286. The highest BCUT2D eigenvalue weighted by Crippen LogP contribution is 2.25. The van der Waals surface area contributed by atoms with Gasteiger partial charge in [0.2, 0.25) is 11.8 Å². The lowest BCUT2D eigenvalue weighted by atomic mass is 10.1. The standard InChI is InChI=1S/C21H22N2O3/c1-14-5-3-4-6-17(14)12-22-21(26)18-11-20(25)23(13-18)19-9-7-16(8-10-19)15(2)24/h3-10,18H,11-13H2,1-2H3,(H,22,26). The molecule has 26 heavy (non-hydrogen) atoms.